The van der Waals surface area contributed by atoms with Gasteiger partial charge < -0.3 is 10.1 Å². The Kier molecular flexibility index (Phi) is 6.43. The van der Waals surface area contributed by atoms with Crippen LogP contribution in [0.5, 0.6) is 0 Å². The summed E-state index contributed by atoms with van der Waals surface area (Å²) in [4.78, 5) is 10.8. The van der Waals surface area contributed by atoms with Crippen LogP contribution in [-0.4, -0.2) is 46.9 Å². The van der Waals surface area contributed by atoms with Crippen molar-refractivity contribution in [3.8, 4) is 0 Å². The normalized spacial score (nSPS) is 11.3. The zero-order valence-electron chi connectivity index (χ0n) is 8.37. The Morgan fingerprint density at radius 2 is 2.00 bits per heavy atom. The van der Waals surface area contributed by atoms with Crippen molar-refractivity contribution in [1.82, 2.24) is 10.0 Å². The molecule has 0 fully saturated rings. The summed E-state index contributed by atoms with van der Waals surface area (Å²) in [5.74, 6) is -1.35. The lowest BCUT2D eigenvalue weighted by molar-refractivity contribution is -0.139. The van der Waals surface area contributed by atoms with Crippen molar-refractivity contribution in [2.45, 2.75) is 6.92 Å². The van der Waals surface area contributed by atoms with Gasteiger partial charge in [0.15, 0.2) is 5.75 Å². The van der Waals surface area contributed by atoms with E-state index in [9.17, 15) is 13.2 Å². The van der Waals surface area contributed by atoms with E-state index in [2.05, 4.69) is 14.8 Å². The number of rotatable bonds is 7. The van der Waals surface area contributed by atoms with Gasteiger partial charge in [0.2, 0.25) is 10.0 Å². The van der Waals surface area contributed by atoms with E-state index < -0.39 is 21.7 Å². The molecule has 7 heteroatoms. The third-order valence-electron chi connectivity index (χ3n) is 1.31. The molecule has 84 valence electrons. The highest BCUT2D eigenvalue weighted by atomic mass is 32.2. The average molecular weight is 224 g/mol. The first-order chi connectivity index (χ1) is 6.52. The first-order valence-electron chi connectivity index (χ1n) is 4.29. The first kappa shape index (κ1) is 13.3. The number of nitrogens with one attached hydrogen (secondary N) is 2. The van der Waals surface area contributed by atoms with Gasteiger partial charge in [-0.1, -0.05) is 0 Å². The molecule has 0 radical (unpaired) electrons. The van der Waals surface area contributed by atoms with Crippen LogP contribution in [0.2, 0.25) is 0 Å². The fourth-order valence-electron chi connectivity index (χ4n) is 0.740. The Labute approximate surface area is 84.1 Å². The van der Waals surface area contributed by atoms with E-state index in [0.29, 0.717) is 6.54 Å². The molecular weight excluding hydrogens is 208 g/mol. The second kappa shape index (κ2) is 6.74. The van der Waals surface area contributed by atoms with E-state index in [1.54, 1.807) is 14.0 Å². The molecule has 0 rings (SSSR count). The Balaban J connectivity index is 3.89. The minimum absolute atomic E-state index is 0.185. The van der Waals surface area contributed by atoms with E-state index in [0.717, 1.165) is 0 Å². The lowest BCUT2D eigenvalue weighted by atomic mass is 10.7. The van der Waals surface area contributed by atoms with Crippen LogP contribution in [0.1, 0.15) is 6.92 Å². The fourth-order valence-corrected chi connectivity index (χ4v) is 1.65. The van der Waals surface area contributed by atoms with Crippen LogP contribution in [0.4, 0.5) is 0 Å². The summed E-state index contributed by atoms with van der Waals surface area (Å²) in [5, 5.41) is 2.78. The molecule has 0 saturated heterocycles. The maximum Gasteiger partial charge on any atom is 0.322 e. The van der Waals surface area contributed by atoms with Crippen molar-refractivity contribution in [2.24, 2.45) is 0 Å². The van der Waals surface area contributed by atoms with Gasteiger partial charge in [0.1, 0.15) is 0 Å². The van der Waals surface area contributed by atoms with Crippen LogP contribution < -0.4 is 10.0 Å². The molecule has 0 aromatic carbocycles. The van der Waals surface area contributed by atoms with E-state index in [-0.39, 0.29) is 13.2 Å². The molecule has 0 aromatic rings. The fraction of sp³-hybridized carbons (Fsp3) is 0.857. The Bertz CT molecular complexity index is 263. The van der Waals surface area contributed by atoms with Gasteiger partial charge in [0, 0.05) is 13.1 Å². The molecule has 0 aliphatic rings. The summed E-state index contributed by atoms with van der Waals surface area (Å²) >= 11 is 0. The predicted octanol–water partition coefficient (Wildman–Crippen LogP) is -1.31. The number of hydrogen-bond acceptors (Lipinski definition) is 5. The molecule has 0 atom stereocenters. The maximum absolute atomic E-state index is 11.2. The van der Waals surface area contributed by atoms with Crippen LogP contribution in [-0.2, 0) is 19.6 Å². The minimum atomic E-state index is -3.54. The molecule has 0 bridgehead atoms. The van der Waals surface area contributed by atoms with E-state index >= 15 is 0 Å². The molecule has 0 aliphatic heterocycles. The lowest BCUT2D eigenvalue weighted by Gasteiger charge is -2.05. The maximum atomic E-state index is 11.2. The van der Waals surface area contributed by atoms with Gasteiger partial charge in [0.05, 0.1) is 6.61 Å². The second-order valence-electron chi connectivity index (χ2n) is 2.56. The van der Waals surface area contributed by atoms with Crippen LogP contribution >= 0.6 is 0 Å². The lowest BCUT2D eigenvalue weighted by Crippen LogP contribution is -2.35. The minimum Gasteiger partial charge on any atom is -0.465 e. The number of sulfonamides is 1. The van der Waals surface area contributed by atoms with Crippen molar-refractivity contribution in [3.63, 3.8) is 0 Å². The van der Waals surface area contributed by atoms with Crippen molar-refractivity contribution >= 4 is 16.0 Å². The van der Waals surface area contributed by atoms with Crippen LogP contribution in [0.15, 0.2) is 0 Å². The molecule has 0 saturated carbocycles. The SMILES string of the molecule is CCOC(=O)CS(=O)(=O)NCCNC. The van der Waals surface area contributed by atoms with Crippen LogP contribution in [0.3, 0.4) is 0 Å². The summed E-state index contributed by atoms with van der Waals surface area (Å²) in [6, 6.07) is 0. The van der Waals surface area contributed by atoms with Gasteiger partial charge in [-0.25, -0.2) is 13.1 Å². The predicted molar refractivity (Wildman–Crippen MR) is 52.3 cm³/mol. The summed E-state index contributed by atoms with van der Waals surface area (Å²) in [5.41, 5.74) is 0. The third-order valence-corrected chi connectivity index (χ3v) is 2.57. The smallest absolute Gasteiger partial charge is 0.322 e. The van der Waals surface area contributed by atoms with Crippen molar-refractivity contribution in [1.29, 1.82) is 0 Å². The quantitative estimate of drug-likeness (QED) is 0.414. The summed E-state index contributed by atoms with van der Waals surface area (Å²) < 4.78 is 29.1. The molecule has 0 heterocycles. The summed E-state index contributed by atoms with van der Waals surface area (Å²) in [6.45, 7) is 2.59. The number of carbonyl (C=O) groups is 1. The second-order valence-corrected chi connectivity index (χ2v) is 4.37. The van der Waals surface area contributed by atoms with Crippen molar-refractivity contribution in [3.05, 3.63) is 0 Å². The topological polar surface area (TPSA) is 84.5 Å². The highest BCUT2D eigenvalue weighted by molar-refractivity contribution is 7.90. The first-order valence-corrected chi connectivity index (χ1v) is 5.94. The average Bonchev–Trinajstić information content (AvgIpc) is 2.03. The molecular formula is C7H16N2O4S. The van der Waals surface area contributed by atoms with E-state index in [4.69, 9.17) is 0 Å². The van der Waals surface area contributed by atoms with Crippen LogP contribution in [0, 0.1) is 0 Å². The molecule has 0 aromatic heterocycles. The molecule has 0 aliphatic carbocycles. The number of esters is 1. The molecule has 6 nitrogen and oxygen atoms in total. The molecule has 14 heavy (non-hydrogen) atoms. The molecule has 0 unspecified atom stereocenters. The molecule has 0 amide bonds. The third kappa shape index (κ3) is 6.81. The van der Waals surface area contributed by atoms with Crippen molar-refractivity contribution < 1.29 is 17.9 Å². The van der Waals surface area contributed by atoms with Gasteiger partial charge in [-0.15, -0.1) is 0 Å². The van der Waals surface area contributed by atoms with Gasteiger partial charge in [-0.2, -0.15) is 0 Å². The van der Waals surface area contributed by atoms with Crippen LogP contribution in [0.25, 0.3) is 0 Å². The van der Waals surface area contributed by atoms with Gasteiger partial charge in [-0.3, -0.25) is 4.79 Å². The van der Waals surface area contributed by atoms with Gasteiger partial charge >= 0.3 is 5.97 Å². The highest BCUT2D eigenvalue weighted by Gasteiger charge is 2.16. The van der Waals surface area contributed by atoms with E-state index in [1.165, 1.54) is 0 Å². The van der Waals surface area contributed by atoms with Gasteiger partial charge in [-0.05, 0) is 14.0 Å². The Morgan fingerprint density at radius 1 is 1.36 bits per heavy atom. The molecule has 0 spiro atoms. The Morgan fingerprint density at radius 3 is 2.50 bits per heavy atom. The Hall–Kier alpha value is -0.660. The van der Waals surface area contributed by atoms with Crippen molar-refractivity contribution in [2.75, 3.05) is 32.5 Å². The summed E-state index contributed by atoms with van der Waals surface area (Å²) in [7, 11) is -1.83. The zero-order valence-corrected chi connectivity index (χ0v) is 9.19. The number of likely N-dealkylation sites (N-methyl/N-ethyl adjacent to an activating group) is 1. The highest BCUT2D eigenvalue weighted by Crippen LogP contribution is 1.87. The monoisotopic (exact) mass is 224 g/mol. The number of carbonyl (C=O) groups excluding carboxylic acids is 1. The summed E-state index contributed by atoms with van der Waals surface area (Å²) in [6.07, 6.45) is 0. The van der Waals surface area contributed by atoms with Gasteiger partial charge in [0.25, 0.3) is 0 Å². The molecule has 2 N–H and O–H groups in total. The zero-order chi connectivity index (χ0) is 11.0. The number of ether oxygens (including phenoxy) is 1. The standard InChI is InChI=1S/C7H16N2O4S/c1-3-13-7(10)6-14(11,12)9-5-4-8-2/h8-9H,3-6H2,1-2H3. The largest absolute Gasteiger partial charge is 0.465 e. The van der Waals surface area contributed by atoms with E-state index in [1.807, 2.05) is 0 Å². The number of hydrogen-bond donors (Lipinski definition) is 2.